The van der Waals surface area contributed by atoms with Crippen molar-refractivity contribution in [1.82, 2.24) is 4.90 Å². The Morgan fingerprint density at radius 3 is 2.45 bits per heavy atom. The van der Waals surface area contributed by atoms with Crippen molar-refractivity contribution in [2.45, 2.75) is 43.9 Å². The smallest absolute Gasteiger partial charge is 0.185 e. The third kappa shape index (κ3) is 7.83. The van der Waals surface area contributed by atoms with Gasteiger partial charge in [0, 0.05) is 10.5 Å². The van der Waals surface area contributed by atoms with Crippen molar-refractivity contribution in [2.24, 2.45) is 5.92 Å². The maximum absolute atomic E-state index is 12.1. The van der Waals surface area contributed by atoms with E-state index >= 15 is 0 Å². The van der Waals surface area contributed by atoms with Gasteiger partial charge in [0.05, 0.1) is 0 Å². The predicted molar refractivity (Wildman–Crippen MR) is 126 cm³/mol. The molecule has 2 aromatic rings. The van der Waals surface area contributed by atoms with Crippen LogP contribution < -0.4 is 0 Å². The third-order valence-corrected chi connectivity index (χ3v) is 6.73. The van der Waals surface area contributed by atoms with E-state index in [-0.39, 0.29) is 5.78 Å². The average molecular weight is 408 g/mol. The third-order valence-electron chi connectivity index (χ3n) is 5.63. The molecule has 1 heterocycles. The number of carbonyl (C=O) groups excluding carboxylic acids is 1. The first kappa shape index (κ1) is 21.9. The monoisotopic (exact) mass is 407 g/mol. The van der Waals surface area contributed by atoms with Gasteiger partial charge in [-0.05, 0) is 80.8 Å². The van der Waals surface area contributed by atoms with Crippen molar-refractivity contribution in [1.29, 1.82) is 0 Å². The molecule has 0 radical (unpaired) electrons. The van der Waals surface area contributed by atoms with Crippen LogP contribution in [0.4, 0.5) is 0 Å². The van der Waals surface area contributed by atoms with Crippen molar-refractivity contribution < 1.29 is 4.79 Å². The first-order valence-electron chi connectivity index (χ1n) is 10.9. The molecule has 2 aromatic carbocycles. The summed E-state index contributed by atoms with van der Waals surface area (Å²) >= 11 is 1.93. The standard InChI is InChI=1S/C26H33NOS/c1-22-16-19-27(20-17-22)18-6-3-7-21-29-25-13-10-23(11-14-25)12-15-26(28)24-8-4-2-5-9-24/h2,4-5,8-15,22H,3,6-7,16-21H2,1H3/b15-12+. The zero-order valence-corrected chi connectivity index (χ0v) is 18.4. The molecule has 29 heavy (non-hydrogen) atoms. The normalized spacial score (nSPS) is 15.8. The van der Waals surface area contributed by atoms with Crippen LogP contribution in [0, 0.1) is 5.92 Å². The molecule has 0 atom stereocenters. The van der Waals surface area contributed by atoms with Gasteiger partial charge in [0.25, 0.3) is 0 Å². The number of carbonyl (C=O) groups is 1. The minimum Gasteiger partial charge on any atom is -0.303 e. The molecule has 3 rings (SSSR count). The van der Waals surface area contributed by atoms with E-state index in [1.54, 1.807) is 6.08 Å². The van der Waals surface area contributed by atoms with Gasteiger partial charge in [0.1, 0.15) is 0 Å². The van der Waals surface area contributed by atoms with E-state index in [1.807, 2.05) is 48.2 Å². The van der Waals surface area contributed by atoms with Crippen LogP contribution in [0.25, 0.3) is 6.08 Å². The fourth-order valence-corrected chi connectivity index (χ4v) is 4.55. The Labute approximate surface area is 180 Å². The zero-order chi connectivity index (χ0) is 20.3. The largest absolute Gasteiger partial charge is 0.303 e. The van der Waals surface area contributed by atoms with E-state index in [9.17, 15) is 4.79 Å². The maximum atomic E-state index is 12.1. The number of rotatable bonds is 10. The molecule has 1 aliphatic rings. The number of ketones is 1. The molecule has 0 spiro atoms. The number of nitrogens with zero attached hydrogens (tertiary/aromatic N) is 1. The van der Waals surface area contributed by atoms with Gasteiger partial charge in [0.2, 0.25) is 0 Å². The van der Waals surface area contributed by atoms with Gasteiger partial charge < -0.3 is 4.90 Å². The van der Waals surface area contributed by atoms with Crippen molar-refractivity contribution >= 4 is 23.6 Å². The lowest BCUT2D eigenvalue weighted by molar-refractivity contribution is 0.104. The van der Waals surface area contributed by atoms with E-state index in [4.69, 9.17) is 0 Å². The SMILES string of the molecule is CC1CCN(CCCCCSc2ccc(/C=C/C(=O)c3ccccc3)cc2)CC1. The minimum atomic E-state index is 0.0446. The molecule has 0 amide bonds. The van der Waals surface area contributed by atoms with Crippen LogP contribution in [0.2, 0.25) is 0 Å². The second kappa shape index (κ2) is 12.0. The molecular weight excluding hydrogens is 374 g/mol. The number of allylic oxidation sites excluding steroid dienone is 1. The Morgan fingerprint density at radius 2 is 1.72 bits per heavy atom. The number of piperidine rings is 1. The van der Waals surface area contributed by atoms with Gasteiger partial charge in [-0.15, -0.1) is 11.8 Å². The summed E-state index contributed by atoms with van der Waals surface area (Å²) in [4.78, 5) is 16.1. The fourth-order valence-electron chi connectivity index (χ4n) is 3.64. The lowest BCUT2D eigenvalue weighted by atomic mass is 9.99. The second-order valence-electron chi connectivity index (χ2n) is 8.07. The molecule has 0 aromatic heterocycles. The Balaban J connectivity index is 1.31. The van der Waals surface area contributed by atoms with Gasteiger partial charge in [-0.3, -0.25) is 4.79 Å². The van der Waals surface area contributed by atoms with Crippen LogP contribution in [0.1, 0.15) is 54.9 Å². The molecule has 0 bridgehead atoms. The molecule has 1 saturated heterocycles. The number of benzene rings is 2. The highest BCUT2D eigenvalue weighted by molar-refractivity contribution is 7.99. The summed E-state index contributed by atoms with van der Waals surface area (Å²) in [6.45, 7) is 6.25. The summed E-state index contributed by atoms with van der Waals surface area (Å²) in [5.41, 5.74) is 1.79. The number of hydrogen-bond acceptors (Lipinski definition) is 3. The number of likely N-dealkylation sites (tertiary alicyclic amines) is 1. The van der Waals surface area contributed by atoms with E-state index in [0.29, 0.717) is 0 Å². The fraction of sp³-hybridized carbons (Fsp3) is 0.423. The summed E-state index contributed by atoms with van der Waals surface area (Å²) in [6, 6.07) is 17.9. The average Bonchev–Trinajstić information content (AvgIpc) is 2.77. The number of hydrogen-bond donors (Lipinski definition) is 0. The lowest BCUT2D eigenvalue weighted by Gasteiger charge is -2.30. The van der Waals surface area contributed by atoms with Gasteiger partial charge in [0.15, 0.2) is 5.78 Å². The number of thioether (sulfide) groups is 1. The molecular formula is C26H33NOS. The van der Waals surface area contributed by atoms with Crippen molar-refractivity contribution in [3.05, 3.63) is 71.8 Å². The highest BCUT2D eigenvalue weighted by Crippen LogP contribution is 2.21. The first-order valence-corrected chi connectivity index (χ1v) is 11.9. The Bertz CT molecular complexity index is 761. The van der Waals surface area contributed by atoms with E-state index in [0.717, 1.165) is 17.0 Å². The van der Waals surface area contributed by atoms with Crippen LogP contribution in [0.15, 0.2) is 65.6 Å². The van der Waals surface area contributed by atoms with E-state index in [2.05, 4.69) is 36.1 Å². The zero-order valence-electron chi connectivity index (χ0n) is 17.6. The highest BCUT2D eigenvalue weighted by atomic mass is 32.2. The molecule has 0 saturated carbocycles. The van der Waals surface area contributed by atoms with Gasteiger partial charge in [-0.2, -0.15) is 0 Å². The Morgan fingerprint density at radius 1 is 1.00 bits per heavy atom. The minimum absolute atomic E-state index is 0.0446. The maximum Gasteiger partial charge on any atom is 0.185 e. The van der Waals surface area contributed by atoms with Crippen LogP contribution >= 0.6 is 11.8 Å². The highest BCUT2D eigenvalue weighted by Gasteiger charge is 2.14. The van der Waals surface area contributed by atoms with Crippen LogP contribution in [0.5, 0.6) is 0 Å². The van der Waals surface area contributed by atoms with Crippen molar-refractivity contribution in [3.63, 3.8) is 0 Å². The van der Waals surface area contributed by atoms with Gasteiger partial charge >= 0.3 is 0 Å². The summed E-state index contributed by atoms with van der Waals surface area (Å²) in [5.74, 6) is 2.15. The topological polar surface area (TPSA) is 20.3 Å². The summed E-state index contributed by atoms with van der Waals surface area (Å²) in [6.07, 6.45) is 10.2. The predicted octanol–water partition coefficient (Wildman–Crippen LogP) is 6.58. The van der Waals surface area contributed by atoms with Gasteiger partial charge in [-0.25, -0.2) is 0 Å². The van der Waals surface area contributed by atoms with E-state index in [1.165, 1.54) is 62.4 Å². The molecule has 154 valence electrons. The Kier molecular flexibility index (Phi) is 9.04. The lowest BCUT2D eigenvalue weighted by Crippen LogP contribution is -2.33. The quantitative estimate of drug-likeness (QED) is 0.192. The molecule has 0 aliphatic carbocycles. The van der Waals surface area contributed by atoms with Crippen molar-refractivity contribution in [3.8, 4) is 0 Å². The second-order valence-corrected chi connectivity index (χ2v) is 9.23. The van der Waals surface area contributed by atoms with Gasteiger partial charge in [-0.1, -0.05) is 61.9 Å². The van der Waals surface area contributed by atoms with Crippen LogP contribution in [-0.4, -0.2) is 36.1 Å². The molecule has 1 fully saturated rings. The summed E-state index contributed by atoms with van der Waals surface area (Å²) in [5, 5.41) is 0. The van der Waals surface area contributed by atoms with Crippen molar-refractivity contribution in [2.75, 3.05) is 25.4 Å². The molecule has 0 unspecified atom stereocenters. The van der Waals surface area contributed by atoms with E-state index < -0.39 is 0 Å². The summed E-state index contributed by atoms with van der Waals surface area (Å²) in [7, 11) is 0. The summed E-state index contributed by atoms with van der Waals surface area (Å²) < 4.78 is 0. The van der Waals surface area contributed by atoms with Crippen LogP contribution in [0.3, 0.4) is 0 Å². The van der Waals surface area contributed by atoms with Crippen LogP contribution in [-0.2, 0) is 0 Å². The molecule has 1 aliphatic heterocycles. The Hall–Kier alpha value is -1.84. The molecule has 3 heteroatoms. The molecule has 2 nitrogen and oxygen atoms in total. The number of unbranched alkanes of at least 4 members (excludes halogenated alkanes) is 2. The molecule has 0 N–H and O–H groups in total. The first-order chi connectivity index (χ1) is 14.2.